The van der Waals surface area contributed by atoms with E-state index in [-0.39, 0.29) is 0 Å². The molecule has 1 heterocycles. The molecule has 0 radical (unpaired) electrons. The zero-order valence-corrected chi connectivity index (χ0v) is 11.7. The van der Waals surface area contributed by atoms with Crippen molar-refractivity contribution in [2.75, 3.05) is 5.73 Å². The van der Waals surface area contributed by atoms with E-state index in [1.165, 1.54) is 38.5 Å². The van der Waals surface area contributed by atoms with Gasteiger partial charge < -0.3 is 5.73 Å². The SMILES string of the molecule is CCCC1CCC(c2ncc(N)c(CC)n2)CC1. The zero-order valence-electron chi connectivity index (χ0n) is 11.7. The van der Waals surface area contributed by atoms with E-state index in [0.29, 0.717) is 5.92 Å². The molecule has 100 valence electrons. The highest BCUT2D eigenvalue weighted by atomic mass is 14.9. The van der Waals surface area contributed by atoms with Crippen LogP contribution in [0.5, 0.6) is 0 Å². The van der Waals surface area contributed by atoms with Crippen molar-refractivity contribution in [3.05, 3.63) is 17.7 Å². The minimum atomic E-state index is 0.559. The molecule has 1 saturated carbocycles. The van der Waals surface area contributed by atoms with Gasteiger partial charge in [0.1, 0.15) is 5.82 Å². The molecule has 1 aliphatic rings. The van der Waals surface area contributed by atoms with Crippen molar-refractivity contribution < 1.29 is 0 Å². The molecule has 0 bridgehead atoms. The van der Waals surface area contributed by atoms with Gasteiger partial charge >= 0.3 is 0 Å². The van der Waals surface area contributed by atoms with E-state index in [1.807, 2.05) is 0 Å². The number of hydrogen-bond acceptors (Lipinski definition) is 3. The van der Waals surface area contributed by atoms with Gasteiger partial charge in [-0.25, -0.2) is 9.97 Å². The molecular weight excluding hydrogens is 222 g/mol. The Kier molecular flexibility index (Phi) is 4.56. The molecule has 3 heteroatoms. The molecule has 2 N–H and O–H groups in total. The van der Waals surface area contributed by atoms with Gasteiger partial charge in [0.15, 0.2) is 0 Å². The molecule has 1 aromatic rings. The molecule has 18 heavy (non-hydrogen) atoms. The van der Waals surface area contributed by atoms with Crippen LogP contribution < -0.4 is 5.73 Å². The van der Waals surface area contributed by atoms with Crippen LogP contribution in [0, 0.1) is 5.92 Å². The molecule has 2 rings (SSSR count). The molecule has 0 amide bonds. The molecular formula is C15H25N3. The van der Waals surface area contributed by atoms with Crippen LogP contribution in [-0.4, -0.2) is 9.97 Å². The van der Waals surface area contributed by atoms with Crippen molar-refractivity contribution >= 4 is 5.69 Å². The van der Waals surface area contributed by atoms with Gasteiger partial charge in [0.05, 0.1) is 17.6 Å². The summed E-state index contributed by atoms with van der Waals surface area (Å²) in [5, 5.41) is 0. The number of aryl methyl sites for hydroxylation is 1. The highest BCUT2D eigenvalue weighted by molar-refractivity contribution is 5.40. The van der Waals surface area contributed by atoms with Crippen LogP contribution in [0.15, 0.2) is 6.20 Å². The summed E-state index contributed by atoms with van der Waals surface area (Å²) in [7, 11) is 0. The minimum Gasteiger partial charge on any atom is -0.396 e. The molecule has 3 nitrogen and oxygen atoms in total. The number of aromatic nitrogens is 2. The molecule has 0 aliphatic heterocycles. The van der Waals surface area contributed by atoms with Gasteiger partial charge in [0.25, 0.3) is 0 Å². The molecule has 0 spiro atoms. The standard InChI is InChI=1S/C15H25N3/c1-3-5-11-6-8-12(9-7-11)15-17-10-13(16)14(4-2)18-15/h10-12H,3-9,16H2,1-2H3. The third-order valence-electron chi connectivity index (χ3n) is 4.16. The van der Waals surface area contributed by atoms with Gasteiger partial charge in [-0.3, -0.25) is 0 Å². The van der Waals surface area contributed by atoms with E-state index in [0.717, 1.165) is 29.5 Å². The second kappa shape index (κ2) is 6.17. The summed E-state index contributed by atoms with van der Waals surface area (Å²) in [6.07, 6.45) is 10.6. The molecule has 0 saturated heterocycles. The fourth-order valence-electron chi connectivity index (χ4n) is 3.04. The number of nitrogens with zero attached hydrogens (tertiary/aromatic N) is 2. The smallest absolute Gasteiger partial charge is 0.131 e. The second-order valence-electron chi connectivity index (χ2n) is 5.49. The van der Waals surface area contributed by atoms with Crippen LogP contribution in [-0.2, 0) is 6.42 Å². The summed E-state index contributed by atoms with van der Waals surface area (Å²) >= 11 is 0. The normalized spacial score (nSPS) is 24.1. The first kappa shape index (κ1) is 13.3. The first-order valence-corrected chi connectivity index (χ1v) is 7.35. The Labute approximate surface area is 110 Å². The zero-order chi connectivity index (χ0) is 13.0. The molecule has 0 unspecified atom stereocenters. The molecule has 1 fully saturated rings. The summed E-state index contributed by atoms with van der Waals surface area (Å²) in [6, 6.07) is 0. The van der Waals surface area contributed by atoms with Crippen LogP contribution >= 0.6 is 0 Å². The summed E-state index contributed by atoms with van der Waals surface area (Å²) in [6.45, 7) is 4.38. The Hall–Kier alpha value is -1.12. The number of nitrogens with two attached hydrogens (primary N) is 1. The maximum atomic E-state index is 5.87. The molecule has 0 aromatic carbocycles. The first-order chi connectivity index (χ1) is 8.74. The van der Waals surface area contributed by atoms with Crippen molar-refractivity contribution in [2.45, 2.75) is 64.7 Å². The van der Waals surface area contributed by atoms with Gasteiger partial charge in [-0.05, 0) is 38.0 Å². The van der Waals surface area contributed by atoms with E-state index < -0.39 is 0 Å². The quantitative estimate of drug-likeness (QED) is 0.882. The van der Waals surface area contributed by atoms with Gasteiger partial charge in [-0.2, -0.15) is 0 Å². The van der Waals surface area contributed by atoms with Gasteiger partial charge in [0.2, 0.25) is 0 Å². The third kappa shape index (κ3) is 3.01. The molecule has 0 atom stereocenters. The predicted molar refractivity (Wildman–Crippen MR) is 75.4 cm³/mol. The predicted octanol–water partition coefficient (Wildman–Crippen LogP) is 3.70. The first-order valence-electron chi connectivity index (χ1n) is 7.35. The average Bonchev–Trinajstić information content (AvgIpc) is 2.41. The third-order valence-corrected chi connectivity index (χ3v) is 4.16. The monoisotopic (exact) mass is 247 g/mol. The highest BCUT2D eigenvalue weighted by Gasteiger charge is 2.24. The van der Waals surface area contributed by atoms with Crippen molar-refractivity contribution in [1.29, 1.82) is 0 Å². The van der Waals surface area contributed by atoms with Crippen molar-refractivity contribution in [1.82, 2.24) is 9.97 Å². The Bertz CT molecular complexity index is 381. The van der Waals surface area contributed by atoms with Crippen molar-refractivity contribution in [3.63, 3.8) is 0 Å². The van der Waals surface area contributed by atoms with E-state index in [2.05, 4.69) is 23.8 Å². The average molecular weight is 247 g/mol. The van der Waals surface area contributed by atoms with E-state index in [9.17, 15) is 0 Å². The number of anilines is 1. The molecule has 1 aromatic heterocycles. The lowest BCUT2D eigenvalue weighted by molar-refractivity contribution is 0.302. The minimum absolute atomic E-state index is 0.559. The fraction of sp³-hybridized carbons (Fsp3) is 0.733. The Morgan fingerprint density at radius 2 is 1.94 bits per heavy atom. The topological polar surface area (TPSA) is 51.8 Å². The number of rotatable bonds is 4. The highest BCUT2D eigenvalue weighted by Crippen LogP contribution is 2.36. The van der Waals surface area contributed by atoms with Crippen LogP contribution in [0.1, 0.15) is 69.8 Å². The number of nitrogen functional groups attached to an aromatic ring is 1. The lowest BCUT2D eigenvalue weighted by atomic mass is 9.80. The lowest BCUT2D eigenvalue weighted by Crippen LogP contribution is -2.16. The summed E-state index contributed by atoms with van der Waals surface area (Å²) in [5.41, 5.74) is 7.61. The van der Waals surface area contributed by atoms with Gasteiger partial charge in [-0.1, -0.05) is 26.7 Å². The maximum Gasteiger partial charge on any atom is 0.131 e. The van der Waals surface area contributed by atoms with Crippen LogP contribution in [0.4, 0.5) is 5.69 Å². The number of hydrogen-bond donors (Lipinski definition) is 1. The maximum absolute atomic E-state index is 5.87. The van der Waals surface area contributed by atoms with Crippen LogP contribution in [0.3, 0.4) is 0 Å². The van der Waals surface area contributed by atoms with Crippen LogP contribution in [0.25, 0.3) is 0 Å². The van der Waals surface area contributed by atoms with Gasteiger partial charge in [-0.15, -0.1) is 0 Å². The van der Waals surface area contributed by atoms with Crippen molar-refractivity contribution in [3.8, 4) is 0 Å². The summed E-state index contributed by atoms with van der Waals surface area (Å²) < 4.78 is 0. The Morgan fingerprint density at radius 1 is 1.22 bits per heavy atom. The largest absolute Gasteiger partial charge is 0.396 e. The Morgan fingerprint density at radius 3 is 2.56 bits per heavy atom. The van der Waals surface area contributed by atoms with Gasteiger partial charge in [0, 0.05) is 5.92 Å². The van der Waals surface area contributed by atoms with E-state index in [4.69, 9.17) is 5.73 Å². The van der Waals surface area contributed by atoms with Crippen LogP contribution in [0.2, 0.25) is 0 Å². The summed E-state index contributed by atoms with van der Waals surface area (Å²) in [4.78, 5) is 9.09. The fourth-order valence-corrected chi connectivity index (χ4v) is 3.04. The lowest BCUT2D eigenvalue weighted by Gasteiger charge is -2.27. The van der Waals surface area contributed by atoms with E-state index in [1.54, 1.807) is 6.20 Å². The van der Waals surface area contributed by atoms with Crippen molar-refractivity contribution in [2.24, 2.45) is 5.92 Å². The van der Waals surface area contributed by atoms with E-state index >= 15 is 0 Å². The second-order valence-corrected chi connectivity index (χ2v) is 5.49. The molecule has 1 aliphatic carbocycles. The Balaban J connectivity index is 2.01. The summed E-state index contributed by atoms with van der Waals surface area (Å²) in [5.74, 6) is 2.52.